The summed E-state index contributed by atoms with van der Waals surface area (Å²) in [4.78, 5) is 2.50. The Kier molecular flexibility index (Phi) is 7.20. The van der Waals surface area contributed by atoms with Crippen LogP contribution in [0.3, 0.4) is 0 Å². The molecule has 1 fully saturated rings. The molecule has 1 N–H and O–H groups in total. The van der Waals surface area contributed by atoms with Gasteiger partial charge in [0.15, 0.2) is 0 Å². The van der Waals surface area contributed by atoms with E-state index < -0.39 is 0 Å². The molecule has 3 unspecified atom stereocenters. The molecule has 0 heterocycles. The first-order valence-corrected chi connectivity index (χ1v) is 7.59. The molecule has 1 aliphatic carbocycles. The van der Waals surface area contributed by atoms with Crippen molar-refractivity contribution in [3.63, 3.8) is 0 Å². The van der Waals surface area contributed by atoms with Crippen molar-refractivity contribution in [2.75, 3.05) is 26.3 Å². The molecule has 0 amide bonds. The van der Waals surface area contributed by atoms with E-state index in [0.717, 1.165) is 51.5 Å². The molecule has 1 saturated carbocycles. The van der Waals surface area contributed by atoms with Gasteiger partial charge in [0.25, 0.3) is 0 Å². The molecule has 0 aromatic heterocycles. The van der Waals surface area contributed by atoms with Gasteiger partial charge in [0.2, 0.25) is 0 Å². The van der Waals surface area contributed by atoms with E-state index in [2.05, 4.69) is 25.7 Å². The van der Waals surface area contributed by atoms with Gasteiger partial charge in [-0.1, -0.05) is 20.8 Å². The fourth-order valence-electron chi connectivity index (χ4n) is 3.23. The van der Waals surface area contributed by atoms with Crippen LogP contribution in [0.5, 0.6) is 0 Å². The largest absolute Gasteiger partial charge is 0.393 e. The Balaban J connectivity index is 2.59. The lowest BCUT2D eigenvalue weighted by atomic mass is 9.76. The fourth-order valence-corrected chi connectivity index (χ4v) is 3.23. The summed E-state index contributed by atoms with van der Waals surface area (Å²) >= 11 is 0. The van der Waals surface area contributed by atoms with Crippen molar-refractivity contribution in [3.8, 4) is 0 Å². The molecular formula is C15H31NO2. The SMILES string of the molecule is CCOCCN(CC)C1CC(O)CCC1C(C)C. The summed E-state index contributed by atoms with van der Waals surface area (Å²) in [6, 6.07) is 0.527. The number of nitrogens with zero attached hydrogens (tertiary/aromatic N) is 1. The van der Waals surface area contributed by atoms with Crippen molar-refractivity contribution in [3.05, 3.63) is 0 Å². The normalized spacial score (nSPS) is 29.2. The molecule has 1 aliphatic rings. The number of likely N-dealkylation sites (N-methyl/N-ethyl adjacent to an activating group) is 1. The van der Waals surface area contributed by atoms with Crippen molar-refractivity contribution in [1.29, 1.82) is 0 Å². The van der Waals surface area contributed by atoms with Crippen LogP contribution >= 0.6 is 0 Å². The van der Waals surface area contributed by atoms with Crippen LogP contribution in [0.1, 0.15) is 47.0 Å². The van der Waals surface area contributed by atoms with Crippen LogP contribution in [0.2, 0.25) is 0 Å². The van der Waals surface area contributed by atoms with Gasteiger partial charge in [-0.3, -0.25) is 4.90 Å². The van der Waals surface area contributed by atoms with E-state index in [1.54, 1.807) is 0 Å². The zero-order valence-corrected chi connectivity index (χ0v) is 12.6. The summed E-state index contributed by atoms with van der Waals surface area (Å²) in [5.41, 5.74) is 0. The molecule has 108 valence electrons. The zero-order valence-electron chi connectivity index (χ0n) is 12.6. The highest BCUT2D eigenvalue weighted by Gasteiger charge is 2.34. The topological polar surface area (TPSA) is 32.7 Å². The van der Waals surface area contributed by atoms with Crippen LogP contribution in [0, 0.1) is 11.8 Å². The smallest absolute Gasteiger partial charge is 0.0593 e. The molecular weight excluding hydrogens is 226 g/mol. The van der Waals surface area contributed by atoms with Gasteiger partial charge in [-0.25, -0.2) is 0 Å². The summed E-state index contributed by atoms with van der Waals surface area (Å²) in [5.74, 6) is 1.42. The first kappa shape index (κ1) is 15.9. The van der Waals surface area contributed by atoms with Gasteiger partial charge in [-0.05, 0) is 44.6 Å². The number of rotatable bonds is 7. The summed E-state index contributed by atoms with van der Waals surface area (Å²) in [5, 5.41) is 9.94. The second-order valence-corrected chi connectivity index (χ2v) is 5.77. The molecule has 0 saturated heterocycles. The Labute approximate surface area is 113 Å². The highest BCUT2D eigenvalue weighted by molar-refractivity contribution is 4.88. The van der Waals surface area contributed by atoms with E-state index in [0.29, 0.717) is 12.0 Å². The lowest BCUT2D eigenvalue weighted by molar-refractivity contribution is 0.00152. The van der Waals surface area contributed by atoms with Crippen LogP contribution in [0.4, 0.5) is 0 Å². The monoisotopic (exact) mass is 257 g/mol. The van der Waals surface area contributed by atoms with Gasteiger partial charge in [0.1, 0.15) is 0 Å². The van der Waals surface area contributed by atoms with Gasteiger partial charge in [-0.2, -0.15) is 0 Å². The highest BCUT2D eigenvalue weighted by Crippen LogP contribution is 2.33. The van der Waals surface area contributed by atoms with Crippen molar-refractivity contribution in [1.82, 2.24) is 4.90 Å². The molecule has 0 bridgehead atoms. The minimum absolute atomic E-state index is 0.105. The zero-order chi connectivity index (χ0) is 13.5. The van der Waals surface area contributed by atoms with Crippen molar-refractivity contribution >= 4 is 0 Å². The fraction of sp³-hybridized carbons (Fsp3) is 1.00. The minimum atomic E-state index is -0.105. The van der Waals surface area contributed by atoms with E-state index in [-0.39, 0.29) is 6.10 Å². The van der Waals surface area contributed by atoms with E-state index in [9.17, 15) is 5.11 Å². The first-order valence-electron chi connectivity index (χ1n) is 7.59. The summed E-state index contributed by atoms with van der Waals surface area (Å²) in [7, 11) is 0. The standard InChI is InChI=1S/C15H31NO2/c1-5-16(9-10-18-6-2)15-11-13(17)7-8-14(15)12(3)4/h12-15,17H,5-11H2,1-4H3. The number of ether oxygens (including phenoxy) is 1. The predicted octanol–water partition coefficient (Wildman–Crippen LogP) is 2.53. The van der Waals surface area contributed by atoms with Gasteiger partial charge in [0, 0.05) is 19.2 Å². The van der Waals surface area contributed by atoms with E-state index in [1.807, 2.05) is 6.92 Å². The van der Waals surface area contributed by atoms with Crippen LogP contribution in [-0.4, -0.2) is 48.5 Å². The van der Waals surface area contributed by atoms with Crippen molar-refractivity contribution < 1.29 is 9.84 Å². The number of hydrogen-bond donors (Lipinski definition) is 1. The quantitative estimate of drug-likeness (QED) is 0.711. The van der Waals surface area contributed by atoms with Crippen LogP contribution in [0.25, 0.3) is 0 Å². The Bertz CT molecular complexity index is 221. The van der Waals surface area contributed by atoms with Crippen LogP contribution in [-0.2, 0) is 4.74 Å². The first-order chi connectivity index (χ1) is 8.60. The van der Waals surface area contributed by atoms with Gasteiger partial charge >= 0.3 is 0 Å². The number of hydrogen-bond acceptors (Lipinski definition) is 3. The van der Waals surface area contributed by atoms with Crippen molar-refractivity contribution in [2.45, 2.75) is 59.1 Å². The molecule has 0 aromatic rings. The molecule has 0 aliphatic heterocycles. The Morgan fingerprint density at radius 2 is 2.00 bits per heavy atom. The van der Waals surface area contributed by atoms with E-state index >= 15 is 0 Å². The average Bonchev–Trinajstić information content (AvgIpc) is 2.34. The Morgan fingerprint density at radius 1 is 1.28 bits per heavy atom. The predicted molar refractivity (Wildman–Crippen MR) is 75.7 cm³/mol. The van der Waals surface area contributed by atoms with Crippen LogP contribution in [0.15, 0.2) is 0 Å². The molecule has 0 radical (unpaired) electrons. The van der Waals surface area contributed by atoms with Gasteiger partial charge < -0.3 is 9.84 Å². The Morgan fingerprint density at radius 3 is 2.56 bits per heavy atom. The molecule has 1 rings (SSSR count). The lowest BCUT2D eigenvalue weighted by Crippen LogP contribution is -2.48. The Hall–Kier alpha value is -0.120. The second-order valence-electron chi connectivity index (χ2n) is 5.77. The summed E-state index contributed by atoms with van der Waals surface area (Å²) in [6.45, 7) is 12.5. The molecule has 0 aromatic carbocycles. The maximum Gasteiger partial charge on any atom is 0.0593 e. The van der Waals surface area contributed by atoms with Crippen molar-refractivity contribution in [2.24, 2.45) is 11.8 Å². The average molecular weight is 257 g/mol. The summed E-state index contributed by atoms with van der Waals surface area (Å²) < 4.78 is 5.48. The number of aliphatic hydroxyl groups is 1. The number of aliphatic hydroxyl groups excluding tert-OH is 1. The molecule has 18 heavy (non-hydrogen) atoms. The third-order valence-corrected chi connectivity index (χ3v) is 4.30. The summed E-state index contributed by atoms with van der Waals surface area (Å²) in [6.07, 6.45) is 2.96. The highest BCUT2D eigenvalue weighted by atomic mass is 16.5. The van der Waals surface area contributed by atoms with Crippen LogP contribution < -0.4 is 0 Å². The molecule has 3 atom stereocenters. The van der Waals surface area contributed by atoms with Gasteiger partial charge in [0.05, 0.1) is 12.7 Å². The lowest BCUT2D eigenvalue weighted by Gasteiger charge is -2.43. The molecule has 3 nitrogen and oxygen atoms in total. The molecule has 3 heteroatoms. The molecule has 0 spiro atoms. The maximum absolute atomic E-state index is 9.94. The van der Waals surface area contributed by atoms with Gasteiger partial charge in [-0.15, -0.1) is 0 Å². The minimum Gasteiger partial charge on any atom is -0.393 e. The van der Waals surface area contributed by atoms with E-state index in [1.165, 1.54) is 0 Å². The van der Waals surface area contributed by atoms with E-state index in [4.69, 9.17) is 4.74 Å². The third-order valence-electron chi connectivity index (χ3n) is 4.30. The third kappa shape index (κ3) is 4.52. The maximum atomic E-state index is 9.94. The second kappa shape index (κ2) is 8.13.